The van der Waals surface area contributed by atoms with Gasteiger partial charge in [0.2, 0.25) is 0 Å². The predicted octanol–water partition coefficient (Wildman–Crippen LogP) is -0.754. The highest BCUT2D eigenvalue weighted by Crippen LogP contribution is 2.18. The molecule has 2 N–H and O–H groups in total. The van der Waals surface area contributed by atoms with E-state index in [0.717, 1.165) is 4.31 Å². The number of aliphatic hydroxyl groups excluding tert-OH is 1. The van der Waals surface area contributed by atoms with Crippen LogP contribution in [0.15, 0.2) is 0 Å². The molecule has 1 fully saturated rings. The van der Waals surface area contributed by atoms with Gasteiger partial charge >= 0.3 is 10.3 Å². The molecule has 1 atom stereocenters. The monoisotopic (exact) mass is 181 g/mol. The van der Waals surface area contributed by atoms with Gasteiger partial charge in [-0.3, -0.25) is 4.55 Å². The summed E-state index contributed by atoms with van der Waals surface area (Å²) in [6.45, 7) is 0.0872. The molecule has 0 radical (unpaired) electrons. The van der Waals surface area contributed by atoms with Crippen molar-refractivity contribution in [1.29, 1.82) is 0 Å². The van der Waals surface area contributed by atoms with Crippen LogP contribution in [0.2, 0.25) is 0 Å². The molecule has 0 aliphatic carbocycles. The molecule has 11 heavy (non-hydrogen) atoms. The minimum atomic E-state index is -4.09. The van der Waals surface area contributed by atoms with E-state index in [1.165, 1.54) is 0 Å². The van der Waals surface area contributed by atoms with Crippen LogP contribution in [0, 0.1) is 0 Å². The van der Waals surface area contributed by atoms with Gasteiger partial charge in [0.05, 0.1) is 12.6 Å². The maximum Gasteiger partial charge on any atom is 0.336 e. The van der Waals surface area contributed by atoms with Crippen molar-refractivity contribution in [3.63, 3.8) is 0 Å². The van der Waals surface area contributed by atoms with E-state index in [0.29, 0.717) is 19.4 Å². The molecule has 1 aliphatic rings. The van der Waals surface area contributed by atoms with E-state index in [1.807, 2.05) is 0 Å². The highest BCUT2D eigenvalue weighted by molar-refractivity contribution is 7.83. The summed E-state index contributed by atoms with van der Waals surface area (Å²) in [5.41, 5.74) is 0. The minimum Gasteiger partial charge on any atom is -0.395 e. The van der Waals surface area contributed by atoms with Crippen LogP contribution in [0.1, 0.15) is 12.8 Å². The van der Waals surface area contributed by atoms with Gasteiger partial charge in [0.25, 0.3) is 0 Å². The summed E-state index contributed by atoms with van der Waals surface area (Å²) in [4.78, 5) is 0. The molecule has 0 aromatic rings. The van der Waals surface area contributed by atoms with Gasteiger partial charge in [0, 0.05) is 6.54 Å². The molecular formula is C5H11NO4S. The summed E-state index contributed by atoms with van der Waals surface area (Å²) in [6.07, 6.45) is 1.32. The molecule has 0 saturated carbocycles. The van der Waals surface area contributed by atoms with E-state index in [2.05, 4.69) is 0 Å². The first-order valence-electron chi connectivity index (χ1n) is 3.41. The van der Waals surface area contributed by atoms with Gasteiger partial charge in [-0.1, -0.05) is 0 Å². The highest BCUT2D eigenvalue weighted by Gasteiger charge is 2.32. The molecule has 1 aliphatic heterocycles. The molecule has 5 nitrogen and oxygen atoms in total. The van der Waals surface area contributed by atoms with Gasteiger partial charge < -0.3 is 5.11 Å². The molecule has 0 amide bonds. The van der Waals surface area contributed by atoms with E-state index in [9.17, 15) is 8.42 Å². The van der Waals surface area contributed by atoms with Crippen molar-refractivity contribution in [2.24, 2.45) is 0 Å². The van der Waals surface area contributed by atoms with Crippen molar-refractivity contribution in [2.75, 3.05) is 13.2 Å². The average molecular weight is 181 g/mol. The number of nitrogens with zero attached hydrogens (tertiary/aromatic N) is 1. The Morgan fingerprint density at radius 1 is 1.55 bits per heavy atom. The SMILES string of the molecule is O=S(=O)(O)N1CCCC1CO. The second kappa shape index (κ2) is 3.06. The summed E-state index contributed by atoms with van der Waals surface area (Å²) < 4.78 is 30.7. The second-order valence-corrected chi connectivity index (χ2v) is 3.93. The molecule has 0 spiro atoms. The van der Waals surface area contributed by atoms with Crippen molar-refractivity contribution in [3.8, 4) is 0 Å². The summed E-state index contributed by atoms with van der Waals surface area (Å²) in [6, 6.07) is -0.426. The largest absolute Gasteiger partial charge is 0.395 e. The summed E-state index contributed by atoms with van der Waals surface area (Å²) >= 11 is 0. The highest BCUT2D eigenvalue weighted by atomic mass is 32.2. The first-order valence-corrected chi connectivity index (χ1v) is 4.80. The zero-order valence-electron chi connectivity index (χ0n) is 5.97. The van der Waals surface area contributed by atoms with Crippen LogP contribution < -0.4 is 0 Å². The Balaban J connectivity index is 2.72. The van der Waals surface area contributed by atoms with Gasteiger partial charge in [0.1, 0.15) is 0 Å². The topological polar surface area (TPSA) is 77.8 Å². The Bertz CT molecular complexity index is 225. The Morgan fingerprint density at radius 3 is 2.55 bits per heavy atom. The summed E-state index contributed by atoms with van der Waals surface area (Å²) in [5.74, 6) is 0. The fourth-order valence-corrected chi connectivity index (χ4v) is 2.20. The van der Waals surface area contributed by atoms with Crippen molar-refractivity contribution in [2.45, 2.75) is 18.9 Å². The number of rotatable bonds is 2. The van der Waals surface area contributed by atoms with Crippen LogP contribution in [-0.2, 0) is 10.3 Å². The summed E-state index contributed by atoms with van der Waals surface area (Å²) in [5, 5.41) is 8.68. The lowest BCUT2D eigenvalue weighted by Crippen LogP contribution is -2.36. The van der Waals surface area contributed by atoms with Crippen LogP contribution in [0.5, 0.6) is 0 Å². The van der Waals surface area contributed by atoms with Gasteiger partial charge in [-0.25, -0.2) is 0 Å². The molecular weight excluding hydrogens is 170 g/mol. The maximum absolute atomic E-state index is 10.6. The molecule has 0 aromatic carbocycles. The standard InChI is InChI=1S/C5H11NO4S/c7-4-5-2-1-3-6(5)11(8,9)10/h5,7H,1-4H2,(H,8,9,10). The predicted molar refractivity (Wildman–Crippen MR) is 38.4 cm³/mol. The van der Waals surface area contributed by atoms with E-state index in [-0.39, 0.29) is 6.61 Å². The van der Waals surface area contributed by atoms with Crippen molar-refractivity contribution in [1.82, 2.24) is 4.31 Å². The van der Waals surface area contributed by atoms with Crippen molar-refractivity contribution >= 4 is 10.3 Å². The zero-order chi connectivity index (χ0) is 8.48. The molecule has 1 saturated heterocycles. The molecule has 66 valence electrons. The smallest absolute Gasteiger partial charge is 0.336 e. The first kappa shape index (κ1) is 8.92. The number of hydrogen-bond donors (Lipinski definition) is 2. The van der Waals surface area contributed by atoms with Crippen molar-refractivity contribution < 1.29 is 18.1 Å². The quantitative estimate of drug-likeness (QED) is 0.549. The van der Waals surface area contributed by atoms with E-state index < -0.39 is 16.3 Å². The van der Waals surface area contributed by atoms with Crippen LogP contribution in [0.25, 0.3) is 0 Å². The zero-order valence-corrected chi connectivity index (χ0v) is 6.79. The van der Waals surface area contributed by atoms with Crippen LogP contribution in [0.4, 0.5) is 0 Å². The normalized spacial score (nSPS) is 27.6. The lowest BCUT2D eigenvalue weighted by Gasteiger charge is -2.17. The van der Waals surface area contributed by atoms with Crippen LogP contribution in [0.3, 0.4) is 0 Å². The van der Waals surface area contributed by atoms with Gasteiger partial charge in [-0.2, -0.15) is 12.7 Å². The lowest BCUT2D eigenvalue weighted by atomic mass is 10.2. The third-order valence-corrected chi connectivity index (χ3v) is 2.90. The van der Waals surface area contributed by atoms with Gasteiger partial charge in [-0.05, 0) is 12.8 Å². The van der Waals surface area contributed by atoms with Gasteiger partial charge in [-0.15, -0.1) is 0 Å². The second-order valence-electron chi connectivity index (χ2n) is 2.57. The van der Waals surface area contributed by atoms with E-state index in [1.54, 1.807) is 0 Å². The summed E-state index contributed by atoms with van der Waals surface area (Å²) in [7, 11) is -4.09. The Morgan fingerprint density at radius 2 is 2.18 bits per heavy atom. The fourth-order valence-electron chi connectivity index (χ4n) is 1.30. The van der Waals surface area contributed by atoms with E-state index >= 15 is 0 Å². The Kier molecular flexibility index (Phi) is 2.48. The maximum atomic E-state index is 10.6. The molecule has 1 unspecified atom stereocenters. The van der Waals surface area contributed by atoms with Crippen molar-refractivity contribution in [3.05, 3.63) is 0 Å². The lowest BCUT2D eigenvalue weighted by molar-refractivity contribution is 0.205. The van der Waals surface area contributed by atoms with Crippen LogP contribution in [-0.4, -0.2) is 41.6 Å². The van der Waals surface area contributed by atoms with Gasteiger partial charge in [0.15, 0.2) is 0 Å². The first-order chi connectivity index (χ1) is 5.05. The molecule has 6 heteroatoms. The molecule has 1 rings (SSSR count). The fraction of sp³-hybridized carbons (Fsp3) is 1.00. The third kappa shape index (κ3) is 1.90. The van der Waals surface area contributed by atoms with E-state index in [4.69, 9.17) is 9.66 Å². The molecule has 0 aromatic heterocycles. The Labute approximate surface area is 65.5 Å². The number of aliphatic hydroxyl groups is 1. The third-order valence-electron chi connectivity index (χ3n) is 1.83. The number of hydrogen-bond acceptors (Lipinski definition) is 3. The van der Waals surface area contributed by atoms with Crippen LogP contribution >= 0.6 is 0 Å². The average Bonchev–Trinajstić information content (AvgIpc) is 2.31. The minimum absolute atomic E-state index is 0.222. The molecule has 1 heterocycles. The molecule has 0 bridgehead atoms. The Hall–Kier alpha value is -0.170.